The minimum atomic E-state index is -4.50. The molecule has 1 fully saturated rings. The molecule has 2 rings (SSSR count). The van der Waals surface area contributed by atoms with Gasteiger partial charge in [0.2, 0.25) is 11.9 Å². The molecule has 1 aromatic heterocycles. The minimum Gasteiger partial charge on any atom is -0.354 e. The van der Waals surface area contributed by atoms with E-state index in [4.69, 9.17) is 0 Å². The first-order valence-corrected chi connectivity index (χ1v) is 8.48. The van der Waals surface area contributed by atoms with Crippen molar-refractivity contribution in [2.45, 2.75) is 32.4 Å². The number of nitrogens with zero attached hydrogens (tertiary/aromatic N) is 2. The highest BCUT2D eigenvalue weighted by atomic mass is 35.5. The number of hydrogen-bond donors (Lipinski definition) is 3. The van der Waals surface area contributed by atoms with Crippen LogP contribution in [0.15, 0.2) is 12.3 Å². The first kappa shape index (κ1) is 22.4. The van der Waals surface area contributed by atoms with Crippen LogP contribution in [0.1, 0.15) is 31.9 Å². The molecule has 1 amide bonds. The average molecular weight is 396 g/mol. The van der Waals surface area contributed by atoms with E-state index in [1.807, 2.05) is 0 Å². The number of nitrogens with one attached hydrogen (secondary N) is 3. The topological polar surface area (TPSA) is 78.9 Å². The highest BCUT2D eigenvalue weighted by Crippen LogP contribution is 2.27. The van der Waals surface area contributed by atoms with Gasteiger partial charge in [-0.1, -0.05) is 6.92 Å². The number of halogens is 4. The van der Waals surface area contributed by atoms with Crippen LogP contribution in [0.2, 0.25) is 0 Å². The Morgan fingerprint density at radius 3 is 2.85 bits per heavy atom. The molecular formula is C16H25ClF3N5O. The second kappa shape index (κ2) is 10.5. The smallest absolute Gasteiger partial charge is 0.354 e. The molecule has 6 nitrogen and oxygen atoms in total. The molecule has 148 valence electrons. The molecule has 26 heavy (non-hydrogen) atoms. The fraction of sp³-hybridized carbons (Fsp3) is 0.688. The fourth-order valence-electron chi connectivity index (χ4n) is 2.87. The van der Waals surface area contributed by atoms with Crippen molar-refractivity contribution in [3.8, 4) is 0 Å². The summed E-state index contributed by atoms with van der Waals surface area (Å²) in [6.07, 6.45) is -0.728. The van der Waals surface area contributed by atoms with Crippen LogP contribution in [-0.4, -0.2) is 42.1 Å². The van der Waals surface area contributed by atoms with Gasteiger partial charge in [-0.15, -0.1) is 12.4 Å². The molecule has 1 aromatic rings. The SMILES string of the molecule is CC(CC(=O)NCCNc1nccc(C(F)(F)F)n1)C1CCCNC1.Cl. The minimum absolute atomic E-state index is 0. The molecule has 1 saturated heterocycles. The van der Waals surface area contributed by atoms with Gasteiger partial charge in [0.15, 0.2) is 0 Å². The highest BCUT2D eigenvalue weighted by Gasteiger charge is 2.32. The lowest BCUT2D eigenvalue weighted by Gasteiger charge is -2.28. The van der Waals surface area contributed by atoms with Crippen molar-refractivity contribution in [2.24, 2.45) is 11.8 Å². The third-order valence-electron chi connectivity index (χ3n) is 4.32. The number of alkyl halides is 3. The van der Waals surface area contributed by atoms with E-state index in [1.54, 1.807) is 0 Å². The van der Waals surface area contributed by atoms with Gasteiger partial charge < -0.3 is 16.0 Å². The van der Waals surface area contributed by atoms with E-state index >= 15 is 0 Å². The third kappa shape index (κ3) is 7.33. The summed E-state index contributed by atoms with van der Waals surface area (Å²) < 4.78 is 37.7. The number of amides is 1. The molecule has 0 radical (unpaired) electrons. The Labute approximate surface area is 157 Å². The molecule has 2 atom stereocenters. The third-order valence-corrected chi connectivity index (χ3v) is 4.32. The van der Waals surface area contributed by atoms with Crippen LogP contribution in [0.5, 0.6) is 0 Å². The normalized spacial score (nSPS) is 18.5. The molecule has 2 unspecified atom stereocenters. The van der Waals surface area contributed by atoms with E-state index in [1.165, 1.54) is 0 Å². The lowest BCUT2D eigenvalue weighted by atomic mass is 9.85. The fourth-order valence-corrected chi connectivity index (χ4v) is 2.87. The van der Waals surface area contributed by atoms with Crippen molar-refractivity contribution in [3.63, 3.8) is 0 Å². The second-order valence-electron chi connectivity index (χ2n) is 6.33. The van der Waals surface area contributed by atoms with Crippen LogP contribution >= 0.6 is 12.4 Å². The molecule has 10 heteroatoms. The maximum atomic E-state index is 12.6. The van der Waals surface area contributed by atoms with Crippen LogP contribution in [0, 0.1) is 11.8 Å². The Bertz CT molecular complexity index is 567. The van der Waals surface area contributed by atoms with Gasteiger partial charge in [0.05, 0.1) is 0 Å². The molecule has 0 aromatic carbocycles. The van der Waals surface area contributed by atoms with E-state index in [-0.39, 0.29) is 30.8 Å². The molecule has 3 N–H and O–H groups in total. The Morgan fingerprint density at radius 1 is 1.42 bits per heavy atom. The first-order chi connectivity index (χ1) is 11.9. The molecular weight excluding hydrogens is 371 g/mol. The van der Waals surface area contributed by atoms with Crippen molar-refractivity contribution in [1.82, 2.24) is 20.6 Å². The number of anilines is 1. The Morgan fingerprint density at radius 2 is 2.19 bits per heavy atom. The summed E-state index contributed by atoms with van der Waals surface area (Å²) in [6.45, 7) is 4.62. The van der Waals surface area contributed by atoms with Crippen LogP contribution < -0.4 is 16.0 Å². The maximum absolute atomic E-state index is 12.6. The Balaban J connectivity index is 0.00000338. The maximum Gasteiger partial charge on any atom is 0.433 e. The van der Waals surface area contributed by atoms with Crippen molar-refractivity contribution >= 4 is 24.3 Å². The van der Waals surface area contributed by atoms with E-state index in [9.17, 15) is 18.0 Å². The lowest BCUT2D eigenvalue weighted by Crippen LogP contribution is -2.36. The van der Waals surface area contributed by atoms with Gasteiger partial charge in [0.1, 0.15) is 5.69 Å². The monoisotopic (exact) mass is 395 g/mol. The van der Waals surface area contributed by atoms with Gasteiger partial charge in [0.25, 0.3) is 0 Å². The quantitative estimate of drug-likeness (QED) is 0.618. The summed E-state index contributed by atoms with van der Waals surface area (Å²) in [5.41, 5.74) is -0.996. The van der Waals surface area contributed by atoms with Gasteiger partial charge in [-0.05, 0) is 43.8 Å². The summed E-state index contributed by atoms with van der Waals surface area (Å²) in [6, 6.07) is 0.814. The number of piperidine rings is 1. The zero-order valence-electron chi connectivity index (χ0n) is 14.6. The van der Waals surface area contributed by atoms with Crippen LogP contribution in [-0.2, 0) is 11.0 Å². The summed E-state index contributed by atoms with van der Waals surface area (Å²) in [5, 5.41) is 8.79. The van der Waals surface area contributed by atoms with Gasteiger partial charge in [0, 0.05) is 25.7 Å². The number of carbonyl (C=O) groups is 1. The number of hydrogen-bond acceptors (Lipinski definition) is 5. The predicted molar refractivity (Wildman–Crippen MR) is 95.2 cm³/mol. The van der Waals surface area contributed by atoms with E-state index in [0.29, 0.717) is 24.8 Å². The van der Waals surface area contributed by atoms with E-state index in [0.717, 1.165) is 38.2 Å². The van der Waals surface area contributed by atoms with E-state index in [2.05, 4.69) is 32.8 Å². The zero-order chi connectivity index (χ0) is 18.3. The summed E-state index contributed by atoms with van der Waals surface area (Å²) in [5.74, 6) is 0.652. The zero-order valence-corrected chi connectivity index (χ0v) is 15.4. The summed E-state index contributed by atoms with van der Waals surface area (Å²) in [4.78, 5) is 19.1. The molecule has 1 aliphatic heterocycles. The van der Waals surface area contributed by atoms with Gasteiger partial charge in [-0.3, -0.25) is 4.79 Å². The average Bonchev–Trinajstić information content (AvgIpc) is 2.59. The Kier molecular flexibility index (Phi) is 9.07. The number of carbonyl (C=O) groups excluding carboxylic acids is 1. The molecule has 0 bridgehead atoms. The standard InChI is InChI=1S/C16H24F3N5O.ClH/c1-11(12-3-2-5-20-10-12)9-14(25)21-7-8-23-15-22-6-4-13(24-15)16(17,18)19;/h4,6,11-12,20H,2-3,5,7-10H2,1H3,(H,21,25)(H,22,23,24);1H. The Hall–Kier alpha value is -1.61. The first-order valence-electron chi connectivity index (χ1n) is 8.48. The largest absolute Gasteiger partial charge is 0.433 e. The highest BCUT2D eigenvalue weighted by molar-refractivity contribution is 5.85. The molecule has 0 spiro atoms. The summed E-state index contributed by atoms with van der Waals surface area (Å²) in [7, 11) is 0. The van der Waals surface area contributed by atoms with Crippen molar-refractivity contribution < 1.29 is 18.0 Å². The van der Waals surface area contributed by atoms with Crippen LogP contribution in [0.3, 0.4) is 0 Å². The lowest BCUT2D eigenvalue weighted by molar-refractivity contribution is -0.141. The molecule has 1 aliphatic rings. The molecule has 2 heterocycles. The van der Waals surface area contributed by atoms with Gasteiger partial charge in [-0.25, -0.2) is 9.97 Å². The number of aromatic nitrogens is 2. The van der Waals surface area contributed by atoms with Crippen LogP contribution in [0.25, 0.3) is 0 Å². The summed E-state index contributed by atoms with van der Waals surface area (Å²) >= 11 is 0. The molecule has 0 saturated carbocycles. The van der Waals surface area contributed by atoms with E-state index < -0.39 is 11.9 Å². The molecule has 0 aliphatic carbocycles. The van der Waals surface area contributed by atoms with Crippen molar-refractivity contribution in [1.29, 1.82) is 0 Å². The van der Waals surface area contributed by atoms with Crippen molar-refractivity contribution in [2.75, 3.05) is 31.5 Å². The predicted octanol–water partition coefficient (Wildman–Crippen LogP) is 2.47. The van der Waals surface area contributed by atoms with Crippen molar-refractivity contribution in [3.05, 3.63) is 18.0 Å². The van der Waals surface area contributed by atoms with Gasteiger partial charge in [-0.2, -0.15) is 13.2 Å². The van der Waals surface area contributed by atoms with Crippen LogP contribution in [0.4, 0.5) is 19.1 Å². The number of rotatable bonds is 7. The van der Waals surface area contributed by atoms with Gasteiger partial charge >= 0.3 is 6.18 Å². The second-order valence-corrected chi connectivity index (χ2v) is 6.33.